The quantitative estimate of drug-likeness (QED) is 0.674. The first-order valence-electron chi connectivity index (χ1n) is 3.69. The molecule has 0 aromatic carbocycles. The summed E-state index contributed by atoms with van der Waals surface area (Å²) in [7, 11) is 5.31. The molecule has 0 saturated heterocycles. The molecular weight excluding hydrogens is 158 g/mol. The Morgan fingerprint density at radius 2 is 2.17 bits per heavy atom. The number of methoxy groups -OCH3 is 1. The fourth-order valence-corrected chi connectivity index (χ4v) is 0.675. The molecule has 1 rings (SSSR count). The summed E-state index contributed by atoms with van der Waals surface area (Å²) >= 11 is 0. The van der Waals surface area contributed by atoms with Crippen LogP contribution < -0.4 is 4.90 Å². The van der Waals surface area contributed by atoms with Crippen molar-refractivity contribution < 1.29 is 9.26 Å². The largest absolute Gasteiger partial charge is 0.372 e. The number of anilines is 1. The maximum absolute atomic E-state index is 5.01. The van der Waals surface area contributed by atoms with E-state index >= 15 is 0 Å². The number of nitrogens with zero attached hydrogens (tertiary/aromatic N) is 3. The minimum absolute atomic E-state index is 0.147. The monoisotopic (exact) mass is 171 g/mol. The maximum Gasteiger partial charge on any atom is 0.265 e. The van der Waals surface area contributed by atoms with Crippen LogP contribution >= 0.6 is 0 Å². The summed E-state index contributed by atoms with van der Waals surface area (Å²) in [4.78, 5) is 5.88. The van der Waals surface area contributed by atoms with E-state index in [1.165, 1.54) is 0 Å². The van der Waals surface area contributed by atoms with Gasteiger partial charge in [0.1, 0.15) is 6.10 Å². The normalized spacial score (nSPS) is 13.0. The van der Waals surface area contributed by atoms with Crippen LogP contribution in [0, 0.1) is 0 Å². The molecule has 0 bridgehead atoms. The zero-order valence-corrected chi connectivity index (χ0v) is 7.74. The van der Waals surface area contributed by atoms with Gasteiger partial charge >= 0.3 is 0 Å². The van der Waals surface area contributed by atoms with Crippen LogP contribution in [-0.4, -0.2) is 31.3 Å². The minimum atomic E-state index is -0.147. The van der Waals surface area contributed by atoms with Crippen molar-refractivity contribution in [1.29, 1.82) is 0 Å². The van der Waals surface area contributed by atoms with Crippen LogP contribution in [0.5, 0.6) is 0 Å². The number of ether oxygens (including phenoxy) is 1. The van der Waals surface area contributed by atoms with Crippen LogP contribution in [0.4, 0.5) is 5.95 Å². The van der Waals surface area contributed by atoms with Gasteiger partial charge in [-0.2, -0.15) is 4.98 Å². The highest BCUT2D eigenvalue weighted by Crippen LogP contribution is 2.15. The molecule has 0 amide bonds. The van der Waals surface area contributed by atoms with E-state index in [0.717, 1.165) is 0 Å². The van der Waals surface area contributed by atoms with Crippen molar-refractivity contribution >= 4 is 5.95 Å². The smallest absolute Gasteiger partial charge is 0.265 e. The van der Waals surface area contributed by atoms with Gasteiger partial charge in [-0.3, -0.25) is 0 Å². The highest BCUT2D eigenvalue weighted by molar-refractivity contribution is 5.23. The van der Waals surface area contributed by atoms with Crippen molar-refractivity contribution in [2.75, 3.05) is 26.1 Å². The Hall–Kier alpha value is -1.10. The third kappa shape index (κ3) is 1.73. The van der Waals surface area contributed by atoms with E-state index in [0.29, 0.717) is 11.8 Å². The van der Waals surface area contributed by atoms with Crippen LogP contribution in [-0.2, 0) is 4.74 Å². The Balaban J connectivity index is 2.77. The fraction of sp³-hybridized carbons (Fsp3) is 0.714. The third-order valence-electron chi connectivity index (χ3n) is 1.53. The second-order valence-corrected chi connectivity index (χ2v) is 2.70. The molecule has 1 atom stereocenters. The summed E-state index contributed by atoms with van der Waals surface area (Å²) < 4.78 is 9.97. The molecule has 0 aliphatic heterocycles. The van der Waals surface area contributed by atoms with Crippen molar-refractivity contribution in [1.82, 2.24) is 10.1 Å². The molecule has 1 aromatic rings. The standard InChI is InChI=1S/C7H13N3O2/c1-5(11-4)6-8-7(9-12-6)10(2)3/h5H,1-4H3. The fourth-order valence-electron chi connectivity index (χ4n) is 0.675. The number of rotatable bonds is 3. The van der Waals surface area contributed by atoms with Gasteiger partial charge in [-0.05, 0) is 12.1 Å². The summed E-state index contributed by atoms with van der Waals surface area (Å²) in [5.41, 5.74) is 0. The molecule has 68 valence electrons. The molecule has 0 saturated carbocycles. The van der Waals surface area contributed by atoms with E-state index in [4.69, 9.17) is 9.26 Å². The van der Waals surface area contributed by atoms with Gasteiger partial charge in [0.05, 0.1) is 0 Å². The molecule has 0 aliphatic carbocycles. The topological polar surface area (TPSA) is 51.4 Å². The maximum atomic E-state index is 5.01. The molecule has 0 fully saturated rings. The predicted molar refractivity (Wildman–Crippen MR) is 44.0 cm³/mol. The molecule has 1 aromatic heterocycles. The van der Waals surface area contributed by atoms with Crippen LogP contribution in [0.25, 0.3) is 0 Å². The third-order valence-corrected chi connectivity index (χ3v) is 1.53. The van der Waals surface area contributed by atoms with E-state index in [-0.39, 0.29) is 6.10 Å². The van der Waals surface area contributed by atoms with Crippen LogP contribution in [0.2, 0.25) is 0 Å². The molecule has 1 heterocycles. The number of hydrogen-bond donors (Lipinski definition) is 0. The Morgan fingerprint density at radius 3 is 2.58 bits per heavy atom. The Kier molecular flexibility index (Phi) is 2.65. The van der Waals surface area contributed by atoms with Gasteiger partial charge in [-0.1, -0.05) is 0 Å². The SMILES string of the molecule is COC(C)c1nc(N(C)C)no1. The molecular formula is C7H13N3O2. The van der Waals surface area contributed by atoms with Crippen molar-refractivity contribution in [2.24, 2.45) is 0 Å². The second kappa shape index (κ2) is 3.53. The van der Waals surface area contributed by atoms with Crippen LogP contribution in [0.1, 0.15) is 18.9 Å². The summed E-state index contributed by atoms with van der Waals surface area (Å²) in [6.07, 6.45) is -0.147. The first kappa shape index (κ1) is 8.99. The summed E-state index contributed by atoms with van der Waals surface area (Å²) in [6.45, 7) is 1.85. The van der Waals surface area contributed by atoms with Gasteiger partial charge in [-0.25, -0.2) is 0 Å². The van der Waals surface area contributed by atoms with Crippen molar-refractivity contribution in [3.05, 3.63) is 5.89 Å². The van der Waals surface area contributed by atoms with Gasteiger partial charge in [0.2, 0.25) is 0 Å². The molecule has 0 spiro atoms. The van der Waals surface area contributed by atoms with Crippen molar-refractivity contribution in [2.45, 2.75) is 13.0 Å². The highest BCUT2D eigenvalue weighted by atomic mass is 16.5. The second-order valence-electron chi connectivity index (χ2n) is 2.70. The zero-order valence-electron chi connectivity index (χ0n) is 7.74. The molecule has 12 heavy (non-hydrogen) atoms. The van der Waals surface area contributed by atoms with Crippen molar-refractivity contribution in [3.63, 3.8) is 0 Å². The Bertz CT molecular complexity index is 247. The van der Waals surface area contributed by atoms with Crippen LogP contribution in [0.15, 0.2) is 4.52 Å². The zero-order chi connectivity index (χ0) is 9.14. The van der Waals surface area contributed by atoms with Gasteiger partial charge in [0.15, 0.2) is 0 Å². The van der Waals surface area contributed by atoms with Gasteiger partial charge in [0.25, 0.3) is 11.8 Å². The first-order valence-corrected chi connectivity index (χ1v) is 3.69. The molecule has 1 unspecified atom stereocenters. The van der Waals surface area contributed by atoms with E-state index in [2.05, 4.69) is 10.1 Å². The van der Waals surface area contributed by atoms with Gasteiger partial charge < -0.3 is 14.2 Å². The lowest BCUT2D eigenvalue weighted by Gasteiger charge is -2.03. The first-order chi connectivity index (χ1) is 5.65. The van der Waals surface area contributed by atoms with Gasteiger partial charge in [0, 0.05) is 21.2 Å². The van der Waals surface area contributed by atoms with Crippen molar-refractivity contribution in [3.8, 4) is 0 Å². The lowest BCUT2D eigenvalue weighted by atomic mass is 10.4. The van der Waals surface area contributed by atoms with Gasteiger partial charge in [-0.15, -0.1) is 0 Å². The average molecular weight is 171 g/mol. The van der Waals surface area contributed by atoms with Crippen LogP contribution in [0.3, 0.4) is 0 Å². The Labute approximate surface area is 71.3 Å². The Morgan fingerprint density at radius 1 is 1.50 bits per heavy atom. The predicted octanol–water partition coefficient (Wildman–Crippen LogP) is 0.843. The van der Waals surface area contributed by atoms with E-state index in [9.17, 15) is 0 Å². The highest BCUT2D eigenvalue weighted by Gasteiger charge is 2.13. The molecule has 5 nitrogen and oxygen atoms in total. The van der Waals surface area contributed by atoms with E-state index < -0.39 is 0 Å². The number of aromatic nitrogens is 2. The molecule has 0 N–H and O–H groups in total. The molecule has 0 radical (unpaired) electrons. The minimum Gasteiger partial charge on any atom is -0.372 e. The summed E-state index contributed by atoms with van der Waals surface area (Å²) in [5, 5.41) is 3.74. The summed E-state index contributed by atoms with van der Waals surface area (Å²) in [6, 6.07) is 0. The lowest BCUT2D eigenvalue weighted by Crippen LogP contribution is -2.10. The van der Waals surface area contributed by atoms with E-state index in [1.807, 2.05) is 21.0 Å². The average Bonchev–Trinajstić information content (AvgIpc) is 2.51. The molecule has 5 heteroatoms. The lowest BCUT2D eigenvalue weighted by molar-refractivity contribution is 0.0886. The number of hydrogen-bond acceptors (Lipinski definition) is 5. The molecule has 0 aliphatic rings. The van der Waals surface area contributed by atoms with E-state index in [1.54, 1.807) is 12.0 Å². The summed E-state index contributed by atoms with van der Waals surface area (Å²) in [5.74, 6) is 1.06.